The van der Waals surface area contributed by atoms with E-state index in [-0.39, 0.29) is 6.61 Å². The summed E-state index contributed by atoms with van der Waals surface area (Å²) in [6.07, 6.45) is 0. The van der Waals surface area contributed by atoms with Crippen molar-refractivity contribution in [2.24, 2.45) is 0 Å². The van der Waals surface area contributed by atoms with Gasteiger partial charge in [0.2, 0.25) is 0 Å². The number of carbonyl (C=O) groups excluding carboxylic acids is 2. The largest absolute Gasteiger partial charge is 0.468 e. The van der Waals surface area contributed by atoms with Gasteiger partial charge in [-0.25, -0.2) is 0 Å². The van der Waals surface area contributed by atoms with Gasteiger partial charge in [-0.3, -0.25) is 9.59 Å². The minimum atomic E-state index is -1.03. The van der Waals surface area contributed by atoms with Crippen LogP contribution in [0.4, 0.5) is 0 Å². The van der Waals surface area contributed by atoms with E-state index in [2.05, 4.69) is 20.7 Å². The average molecular weight is 301 g/mol. The zero-order valence-electron chi connectivity index (χ0n) is 9.60. The van der Waals surface area contributed by atoms with E-state index < -0.39 is 17.9 Å². The Labute approximate surface area is 108 Å². The van der Waals surface area contributed by atoms with Crippen molar-refractivity contribution in [3.05, 3.63) is 34.3 Å². The summed E-state index contributed by atoms with van der Waals surface area (Å²) in [6.45, 7) is 1.91. The van der Waals surface area contributed by atoms with Crippen LogP contribution in [0.15, 0.2) is 28.7 Å². The summed E-state index contributed by atoms with van der Waals surface area (Å²) in [7, 11) is 1.24. The molecule has 1 aromatic rings. The van der Waals surface area contributed by atoms with Crippen LogP contribution in [-0.4, -0.2) is 25.7 Å². The van der Waals surface area contributed by atoms with Gasteiger partial charge in [0, 0.05) is 4.47 Å². The lowest BCUT2D eigenvalue weighted by Gasteiger charge is -2.13. The molecular weight excluding hydrogens is 288 g/mol. The van der Waals surface area contributed by atoms with Crippen LogP contribution in [0.3, 0.4) is 0 Å². The molecule has 0 amide bonds. The van der Waals surface area contributed by atoms with Gasteiger partial charge in [-0.05, 0) is 24.6 Å². The molecule has 0 aliphatic carbocycles. The Morgan fingerprint density at radius 3 is 2.59 bits per heavy atom. The van der Waals surface area contributed by atoms with Crippen molar-refractivity contribution in [3.8, 4) is 0 Å². The summed E-state index contributed by atoms with van der Waals surface area (Å²) in [4.78, 5) is 23.3. The van der Waals surface area contributed by atoms with E-state index in [1.54, 1.807) is 25.1 Å². The van der Waals surface area contributed by atoms with E-state index in [4.69, 9.17) is 4.74 Å². The maximum atomic E-state index is 11.7. The summed E-state index contributed by atoms with van der Waals surface area (Å²) in [5, 5.41) is 0. The summed E-state index contributed by atoms with van der Waals surface area (Å²) in [5.41, 5.74) is 0.546. The third kappa shape index (κ3) is 3.56. The van der Waals surface area contributed by atoms with Crippen molar-refractivity contribution in [1.82, 2.24) is 0 Å². The third-order valence-electron chi connectivity index (χ3n) is 2.14. The molecule has 0 aromatic heterocycles. The smallest absolute Gasteiger partial charge is 0.324 e. The number of ether oxygens (including phenoxy) is 2. The minimum Gasteiger partial charge on any atom is -0.468 e. The lowest BCUT2D eigenvalue weighted by molar-refractivity contribution is -0.155. The minimum absolute atomic E-state index is 0.223. The molecule has 92 valence electrons. The number of esters is 2. The molecule has 0 saturated carbocycles. The van der Waals surface area contributed by atoms with Crippen LogP contribution in [0.5, 0.6) is 0 Å². The Kier molecular flexibility index (Phi) is 5.15. The lowest BCUT2D eigenvalue weighted by Crippen LogP contribution is -2.25. The molecule has 0 radical (unpaired) electrons. The summed E-state index contributed by atoms with van der Waals surface area (Å²) in [5.74, 6) is -2.25. The highest BCUT2D eigenvalue weighted by Gasteiger charge is 2.30. The van der Waals surface area contributed by atoms with Crippen molar-refractivity contribution in [2.45, 2.75) is 12.8 Å². The number of methoxy groups -OCH3 is 1. The Balaban J connectivity index is 3.06. The van der Waals surface area contributed by atoms with Crippen molar-refractivity contribution in [2.75, 3.05) is 13.7 Å². The van der Waals surface area contributed by atoms with Crippen LogP contribution in [0.25, 0.3) is 0 Å². The monoisotopic (exact) mass is 300 g/mol. The molecule has 0 fully saturated rings. The molecule has 5 heteroatoms. The van der Waals surface area contributed by atoms with E-state index in [0.717, 1.165) is 4.47 Å². The summed E-state index contributed by atoms with van der Waals surface area (Å²) >= 11 is 3.29. The first-order valence-electron chi connectivity index (χ1n) is 5.10. The maximum Gasteiger partial charge on any atom is 0.324 e. The van der Waals surface area contributed by atoms with Crippen molar-refractivity contribution in [3.63, 3.8) is 0 Å². The number of hydrogen-bond acceptors (Lipinski definition) is 4. The zero-order valence-corrected chi connectivity index (χ0v) is 11.2. The molecular formula is C12H13BrO4. The van der Waals surface area contributed by atoms with Gasteiger partial charge in [-0.15, -0.1) is 0 Å². The predicted octanol–water partition coefficient (Wildman–Crippen LogP) is 2.27. The first-order chi connectivity index (χ1) is 8.10. The summed E-state index contributed by atoms with van der Waals surface area (Å²) < 4.78 is 10.3. The van der Waals surface area contributed by atoms with E-state index in [9.17, 15) is 9.59 Å². The molecule has 0 aliphatic rings. The Morgan fingerprint density at radius 1 is 1.35 bits per heavy atom. The second-order valence-corrected chi connectivity index (χ2v) is 4.18. The Hall–Kier alpha value is -1.36. The first kappa shape index (κ1) is 13.7. The normalized spacial score (nSPS) is 11.7. The van der Waals surface area contributed by atoms with Gasteiger partial charge < -0.3 is 9.47 Å². The third-order valence-corrected chi connectivity index (χ3v) is 2.63. The number of benzene rings is 1. The molecule has 0 aliphatic heterocycles. The number of halogens is 1. The topological polar surface area (TPSA) is 52.6 Å². The Morgan fingerprint density at radius 2 is 2.06 bits per heavy atom. The van der Waals surface area contributed by atoms with Crippen LogP contribution in [0.1, 0.15) is 18.4 Å². The quantitative estimate of drug-likeness (QED) is 0.632. The molecule has 0 N–H and O–H groups in total. The molecule has 1 atom stereocenters. The molecule has 1 rings (SSSR count). The van der Waals surface area contributed by atoms with E-state index in [1.807, 2.05) is 6.07 Å². The van der Waals surface area contributed by atoms with Crippen molar-refractivity contribution in [1.29, 1.82) is 0 Å². The van der Waals surface area contributed by atoms with Crippen molar-refractivity contribution >= 4 is 27.9 Å². The standard InChI is InChI=1S/C12H13BrO4/c1-3-17-12(15)10(11(14)16-2)8-5-4-6-9(13)7-8/h4-7,10H,3H2,1-2H3. The van der Waals surface area contributed by atoms with Gasteiger partial charge in [0.05, 0.1) is 13.7 Å². The van der Waals surface area contributed by atoms with Gasteiger partial charge in [-0.1, -0.05) is 28.1 Å². The van der Waals surface area contributed by atoms with Crippen LogP contribution < -0.4 is 0 Å². The van der Waals surface area contributed by atoms with E-state index >= 15 is 0 Å². The van der Waals surface area contributed by atoms with E-state index in [0.29, 0.717) is 5.56 Å². The fourth-order valence-corrected chi connectivity index (χ4v) is 1.81. The fraction of sp³-hybridized carbons (Fsp3) is 0.333. The molecule has 0 saturated heterocycles. The highest BCUT2D eigenvalue weighted by molar-refractivity contribution is 9.10. The van der Waals surface area contributed by atoms with Crippen LogP contribution in [0.2, 0.25) is 0 Å². The van der Waals surface area contributed by atoms with E-state index in [1.165, 1.54) is 7.11 Å². The number of rotatable bonds is 4. The highest BCUT2D eigenvalue weighted by Crippen LogP contribution is 2.22. The van der Waals surface area contributed by atoms with Gasteiger partial charge >= 0.3 is 11.9 Å². The molecule has 1 aromatic carbocycles. The molecule has 0 heterocycles. The van der Waals surface area contributed by atoms with Crippen LogP contribution in [-0.2, 0) is 19.1 Å². The molecule has 4 nitrogen and oxygen atoms in total. The molecule has 17 heavy (non-hydrogen) atoms. The predicted molar refractivity (Wildman–Crippen MR) is 65.5 cm³/mol. The second-order valence-electron chi connectivity index (χ2n) is 3.26. The average Bonchev–Trinajstić information content (AvgIpc) is 2.29. The number of carbonyl (C=O) groups is 2. The van der Waals surface area contributed by atoms with Crippen LogP contribution in [0, 0.1) is 0 Å². The van der Waals surface area contributed by atoms with Crippen molar-refractivity contribution < 1.29 is 19.1 Å². The molecule has 0 spiro atoms. The maximum absolute atomic E-state index is 11.7. The Bertz CT molecular complexity index is 417. The fourth-order valence-electron chi connectivity index (χ4n) is 1.40. The second kappa shape index (κ2) is 6.39. The van der Waals surface area contributed by atoms with Crippen LogP contribution >= 0.6 is 15.9 Å². The van der Waals surface area contributed by atoms with Gasteiger partial charge in [0.15, 0.2) is 5.92 Å². The van der Waals surface area contributed by atoms with Gasteiger partial charge in [-0.2, -0.15) is 0 Å². The lowest BCUT2D eigenvalue weighted by atomic mass is 9.99. The first-order valence-corrected chi connectivity index (χ1v) is 5.89. The zero-order chi connectivity index (χ0) is 12.8. The number of hydrogen-bond donors (Lipinski definition) is 0. The SMILES string of the molecule is CCOC(=O)C(C(=O)OC)c1cccc(Br)c1. The molecule has 1 unspecified atom stereocenters. The molecule has 0 bridgehead atoms. The highest BCUT2D eigenvalue weighted by atomic mass is 79.9. The van der Waals surface area contributed by atoms with Gasteiger partial charge in [0.25, 0.3) is 0 Å². The summed E-state index contributed by atoms with van der Waals surface area (Å²) in [6, 6.07) is 6.93. The van der Waals surface area contributed by atoms with Gasteiger partial charge in [0.1, 0.15) is 0 Å².